The third kappa shape index (κ3) is 4.39. The highest BCUT2D eigenvalue weighted by molar-refractivity contribution is 5.76. The minimum absolute atomic E-state index is 0.923. The molecule has 0 heterocycles. The standard InChI is InChI=1S/C20H26N2/c1-5-6-7-17-8-12-19(13-9-17)21-16(2)18-10-14-20(15-11-18)22(3)4/h8-15,21H,2,5-7H2,1,3-4H3. The molecular formula is C20H26N2. The van der Waals surface area contributed by atoms with Gasteiger partial charge >= 0.3 is 0 Å². The first-order valence-corrected chi connectivity index (χ1v) is 7.92. The molecule has 0 unspecified atom stereocenters. The van der Waals surface area contributed by atoms with Crippen molar-refractivity contribution in [2.75, 3.05) is 24.3 Å². The molecule has 0 amide bonds. The lowest BCUT2D eigenvalue weighted by molar-refractivity contribution is 0.795. The second-order valence-electron chi connectivity index (χ2n) is 5.85. The Morgan fingerprint density at radius 3 is 2.18 bits per heavy atom. The van der Waals surface area contributed by atoms with Crippen molar-refractivity contribution >= 4 is 17.1 Å². The van der Waals surface area contributed by atoms with E-state index in [1.165, 1.54) is 24.1 Å². The summed E-state index contributed by atoms with van der Waals surface area (Å²) in [4.78, 5) is 2.09. The molecular weight excluding hydrogens is 268 g/mol. The molecule has 2 heteroatoms. The molecule has 2 nitrogen and oxygen atoms in total. The van der Waals surface area contributed by atoms with Gasteiger partial charge in [0.15, 0.2) is 0 Å². The van der Waals surface area contributed by atoms with E-state index in [0.29, 0.717) is 0 Å². The fourth-order valence-electron chi connectivity index (χ4n) is 2.34. The molecule has 0 bridgehead atoms. The summed E-state index contributed by atoms with van der Waals surface area (Å²) in [5, 5.41) is 3.38. The van der Waals surface area contributed by atoms with E-state index in [4.69, 9.17) is 0 Å². The summed E-state index contributed by atoms with van der Waals surface area (Å²) in [6.45, 7) is 6.37. The summed E-state index contributed by atoms with van der Waals surface area (Å²) in [5.41, 5.74) is 5.71. The number of nitrogens with zero attached hydrogens (tertiary/aromatic N) is 1. The van der Waals surface area contributed by atoms with Gasteiger partial charge in [0, 0.05) is 31.2 Å². The second-order valence-corrected chi connectivity index (χ2v) is 5.85. The monoisotopic (exact) mass is 294 g/mol. The fourth-order valence-corrected chi connectivity index (χ4v) is 2.34. The van der Waals surface area contributed by atoms with Crippen LogP contribution in [0.2, 0.25) is 0 Å². The molecule has 116 valence electrons. The van der Waals surface area contributed by atoms with Crippen molar-refractivity contribution in [3.63, 3.8) is 0 Å². The van der Waals surface area contributed by atoms with Crippen LogP contribution in [0.25, 0.3) is 5.70 Å². The maximum absolute atomic E-state index is 4.14. The van der Waals surface area contributed by atoms with Crippen molar-refractivity contribution in [1.29, 1.82) is 0 Å². The minimum Gasteiger partial charge on any atom is -0.378 e. The Morgan fingerprint density at radius 2 is 1.64 bits per heavy atom. The van der Waals surface area contributed by atoms with Gasteiger partial charge in [-0.1, -0.05) is 44.2 Å². The van der Waals surface area contributed by atoms with E-state index in [1.807, 2.05) is 14.1 Å². The van der Waals surface area contributed by atoms with Crippen LogP contribution in [-0.2, 0) is 6.42 Å². The van der Waals surface area contributed by atoms with Crippen molar-refractivity contribution in [3.8, 4) is 0 Å². The lowest BCUT2D eigenvalue weighted by Gasteiger charge is -2.14. The van der Waals surface area contributed by atoms with Crippen LogP contribution in [0.15, 0.2) is 55.1 Å². The molecule has 0 saturated heterocycles. The van der Waals surface area contributed by atoms with Crippen LogP contribution in [0.5, 0.6) is 0 Å². The summed E-state index contributed by atoms with van der Waals surface area (Å²) >= 11 is 0. The SMILES string of the molecule is C=C(Nc1ccc(CCCC)cc1)c1ccc(N(C)C)cc1. The average molecular weight is 294 g/mol. The minimum atomic E-state index is 0.923. The van der Waals surface area contributed by atoms with Crippen molar-refractivity contribution in [3.05, 3.63) is 66.2 Å². The Balaban J connectivity index is 1.99. The van der Waals surface area contributed by atoms with Crippen LogP contribution in [-0.4, -0.2) is 14.1 Å². The molecule has 22 heavy (non-hydrogen) atoms. The maximum atomic E-state index is 4.14. The highest BCUT2D eigenvalue weighted by Gasteiger charge is 2.01. The maximum Gasteiger partial charge on any atom is 0.0384 e. The summed E-state index contributed by atoms with van der Waals surface area (Å²) in [6.07, 6.45) is 3.64. The number of anilines is 2. The molecule has 0 aliphatic heterocycles. The zero-order chi connectivity index (χ0) is 15.9. The summed E-state index contributed by atoms with van der Waals surface area (Å²) in [7, 11) is 4.09. The van der Waals surface area contributed by atoms with Gasteiger partial charge in [-0.25, -0.2) is 0 Å². The molecule has 1 N–H and O–H groups in total. The molecule has 0 fully saturated rings. The number of aryl methyl sites for hydroxylation is 1. The first kappa shape index (κ1) is 16.2. The zero-order valence-corrected chi connectivity index (χ0v) is 13.9. The van der Waals surface area contributed by atoms with Crippen molar-refractivity contribution in [1.82, 2.24) is 0 Å². The zero-order valence-electron chi connectivity index (χ0n) is 13.9. The predicted octanol–water partition coefficient (Wildman–Crippen LogP) is 5.18. The third-order valence-corrected chi connectivity index (χ3v) is 3.80. The third-order valence-electron chi connectivity index (χ3n) is 3.80. The van der Waals surface area contributed by atoms with Crippen molar-refractivity contribution < 1.29 is 0 Å². The van der Waals surface area contributed by atoms with Gasteiger partial charge in [-0.05, 0) is 48.2 Å². The van der Waals surface area contributed by atoms with Crippen molar-refractivity contribution in [2.45, 2.75) is 26.2 Å². The number of rotatable bonds is 7. The van der Waals surface area contributed by atoms with Crippen molar-refractivity contribution in [2.24, 2.45) is 0 Å². The summed E-state index contributed by atoms with van der Waals surface area (Å²) < 4.78 is 0. The number of nitrogens with one attached hydrogen (secondary N) is 1. The fraction of sp³-hybridized carbons (Fsp3) is 0.300. The molecule has 0 atom stereocenters. The van der Waals surface area contributed by atoms with Crippen LogP contribution in [0.3, 0.4) is 0 Å². The van der Waals surface area contributed by atoms with Crippen LogP contribution in [0, 0.1) is 0 Å². The van der Waals surface area contributed by atoms with Gasteiger partial charge in [0.25, 0.3) is 0 Å². The lowest BCUT2D eigenvalue weighted by Crippen LogP contribution is -2.08. The molecule has 2 rings (SSSR count). The highest BCUT2D eigenvalue weighted by atomic mass is 15.1. The molecule has 0 saturated carbocycles. The number of hydrogen-bond acceptors (Lipinski definition) is 2. The van der Waals surface area contributed by atoms with E-state index in [-0.39, 0.29) is 0 Å². The van der Waals surface area contributed by atoms with Crippen LogP contribution in [0.1, 0.15) is 30.9 Å². The molecule has 0 aromatic heterocycles. The van der Waals surface area contributed by atoms with Gasteiger partial charge in [0.2, 0.25) is 0 Å². The summed E-state index contributed by atoms with van der Waals surface area (Å²) in [6, 6.07) is 17.1. The molecule has 0 aliphatic rings. The summed E-state index contributed by atoms with van der Waals surface area (Å²) in [5.74, 6) is 0. The van der Waals surface area contributed by atoms with Gasteiger partial charge in [-0.3, -0.25) is 0 Å². The Hall–Kier alpha value is -2.22. The number of hydrogen-bond donors (Lipinski definition) is 1. The molecule has 0 spiro atoms. The van der Waals surface area contributed by atoms with E-state index in [1.54, 1.807) is 0 Å². The van der Waals surface area contributed by atoms with Crippen LogP contribution in [0.4, 0.5) is 11.4 Å². The molecule has 0 radical (unpaired) electrons. The normalized spacial score (nSPS) is 10.3. The van der Waals surface area contributed by atoms with E-state index >= 15 is 0 Å². The lowest BCUT2D eigenvalue weighted by atomic mass is 10.1. The van der Waals surface area contributed by atoms with E-state index in [9.17, 15) is 0 Å². The number of benzene rings is 2. The van der Waals surface area contributed by atoms with E-state index in [0.717, 1.165) is 23.4 Å². The first-order chi connectivity index (χ1) is 10.6. The second kappa shape index (κ2) is 7.69. The Kier molecular flexibility index (Phi) is 5.65. The average Bonchev–Trinajstić information content (AvgIpc) is 2.54. The first-order valence-electron chi connectivity index (χ1n) is 7.92. The van der Waals surface area contributed by atoms with Gasteiger partial charge in [0.1, 0.15) is 0 Å². The van der Waals surface area contributed by atoms with Gasteiger partial charge in [-0.2, -0.15) is 0 Å². The predicted molar refractivity (Wildman–Crippen MR) is 98.5 cm³/mol. The van der Waals surface area contributed by atoms with Gasteiger partial charge < -0.3 is 10.2 Å². The smallest absolute Gasteiger partial charge is 0.0384 e. The molecule has 2 aromatic rings. The topological polar surface area (TPSA) is 15.3 Å². The van der Waals surface area contributed by atoms with Crippen LogP contribution < -0.4 is 10.2 Å². The highest BCUT2D eigenvalue weighted by Crippen LogP contribution is 2.20. The largest absolute Gasteiger partial charge is 0.378 e. The van der Waals surface area contributed by atoms with Gasteiger partial charge in [0.05, 0.1) is 0 Å². The van der Waals surface area contributed by atoms with Crippen LogP contribution >= 0.6 is 0 Å². The number of unbranched alkanes of at least 4 members (excludes halogenated alkanes) is 1. The van der Waals surface area contributed by atoms with E-state index < -0.39 is 0 Å². The van der Waals surface area contributed by atoms with Gasteiger partial charge in [-0.15, -0.1) is 0 Å². The van der Waals surface area contributed by atoms with E-state index in [2.05, 4.69) is 72.3 Å². The quantitative estimate of drug-likeness (QED) is 0.757. The Morgan fingerprint density at radius 1 is 1.00 bits per heavy atom. The molecule has 0 aliphatic carbocycles. The molecule has 2 aromatic carbocycles. The Labute approximate surface area is 134 Å². The Bertz CT molecular complexity index is 595.